The van der Waals surface area contributed by atoms with Crippen LogP contribution in [-0.2, 0) is 4.79 Å². The molecule has 0 bridgehead atoms. The largest absolute Gasteiger partial charge is 0.394 e. The normalized spacial score (nSPS) is 13.7. The van der Waals surface area contributed by atoms with Gasteiger partial charge in [-0.25, -0.2) is 0 Å². The molecule has 3 unspecified atom stereocenters. The Bertz CT molecular complexity index is 655. The zero-order valence-corrected chi connectivity index (χ0v) is 31.7. The molecule has 4 N–H and O–H groups in total. The van der Waals surface area contributed by atoms with E-state index in [2.05, 4.69) is 31.3 Å². The highest BCUT2D eigenvalue weighted by molar-refractivity contribution is 5.80. The van der Waals surface area contributed by atoms with Gasteiger partial charge in [-0.2, -0.15) is 0 Å². The van der Waals surface area contributed by atoms with E-state index in [1.165, 1.54) is 167 Å². The monoisotopic (exact) mass is 666 g/mol. The van der Waals surface area contributed by atoms with Crippen molar-refractivity contribution in [2.45, 2.75) is 244 Å². The number of rotatable bonds is 38. The van der Waals surface area contributed by atoms with E-state index >= 15 is 0 Å². The Morgan fingerprint density at radius 3 is 1.17 bits per heavy atom. The SMILES string of the molecule is CCCCCCCCCCCCCC/C=C\CCCCCCCCCCC(O)C(=O)NC(CO)C(O)CCCCCCCCCCC. The summed E-state index contributed by atoms with van der Waals surface area (Å²) >= 11 is 0. The molecule has 0 fully saturated rings. The van der Waals surface area contributed by atoms with Crippen LogP contribution in [0, 0.1) is 0 Å². The van der Waals surface area contributed by atoms with Gasteiger partial charge in [0.1, 0.15) is 6.10 Å². The molecule has 0 saturated heterocycles. The van der Waals surface area contributed by atoms with Crippen molar-refractivity contribution in [2.24, 2.45) is 0 Å². The van der Waals surface area contributed by atoms with Gasteiger partial charge in [-0.3, -0.25) is 4.79 Å². The van der Waals surface area contributed by atoms with Gasteiger partial charge in [-0.05, 0) is 38.5 Å². The second-order valence-electron chi connectivity index (χ2n) is 14.6. The molecule has 0 spiro atoms. The molecular weight excluding hydrogens is 582 g/mol. The summed E-state index contributed by atoms with van der Waals surface area (Å²) in [5.74, 6) is -0.474. The Morgan fingerprint density at radius 2 is 0.809 bits per heavy atom. The number of hydrogen-bond acceptors (Lipinski definition) is 4. The van der Waals surface area contributed by atoms with Crippen LogP contribution in [0.4, 0.5) is 0 Å². The molecule has 0 aromatic rings. The second kappa shape index (κ2) is 37.9. The van der Waals surface area contributed by atoms with Crippen molar-refractivity contribution in [1.82, 2.24) is 5.32 Å². The Hall–Kier alpha value is -0.910. The lowest BCUT2D eigenvalue weighted by molar-refractivity contribution is -0.131. The number of carbonyl (C=O) groups excluding carboxylic acids is 1. The van der Waals surface area contributed by atoms with Crippen LogP contribution in [0.25, 0.3) is 0 Å². The fourth-order valence-electron chi connectivity index (χ4n) is 6.54. The molecule has 0 saturated carbocycles. The molecule has 3 atom stereocenters. The molecule has 1 amide bonds. The van der Waals surface area contributed by atoms with Crippen LogP contribution in [0.3, 0.4) is 0 Å². The molecule has 5 nitrogen and oxygen atoms in total. The molecule has 0 aromatic heterocycles. The summed E-state index contributed by atoms with van der Waals surface area (Å²) in [7, 11) is 0. The van der Waals surface area contributed by atoms with Crippen LogP contribution in [-0.4, -0.2) is 46.1 Å². The fourth-order valence-corrected chi connectivity index (χ4v) is 6.54. The zero-order valence-electron chi connectivity index (χ0n) is 31.7. The minimum Gasteiger partial charge on any atom is -0.394 e. The molecule has 47 heavy (non-hydrogen) atoms. The lowest BCUT2D eigenvalue weighted by Crippen LogP contribution is -2.49. The van der Waals surface area contributed by atoms with E-state index in [1.54, 1.807) is 0 Å². The quantitative estimate of drug-likeness (QED) is 0.0390. The smallest absolute Gasteiger partial charge is 0.249 e. The molecule has 0 aliphatic heterocycles. The summed E-state index contributed by atoms with van der Waals surface area (Å²) in [5, 5.41) is 33.1. The third-order valence-corrected chi connectivity index (χ3v) is 9.88. The van der Waals surface area contributed by atoms with Gasteiger partial charge >= 0.3 is 0 Å². The maximum absolute atomic E-state index is 12.4. The van der Waals surface area contributed by atoms with Crippen molar-refractivity contribution in [1.29, 1.82) is 0 Å². The molecule has 280 valence electrons. The Labute approximate surface area is 293 Å². The standard InChI is InChI=1S/C42H83NO4/c1-3-5-7-9-11-13-14-15-16-17-18-19-20-21-22-23-24-25-26-27-29-31-33-35-37-41(46)42(47)43-39(38-44)40(45)36-34-32-30-28-12-10-8-6-4-2/h21-22,39-41,44-46H,3-20,23-38H2,1-2H3,(H,43,47)/b22-21-. The van der Waals surface area contributed by atoms with Crippen LogP contribution < -0.4 is 5.32 Å². The van der Waals surface area contributed by atoms with E-state index in [9.17, 15) is 20.1 Å². The first-order valence-electron chi connectivity index (χ1n) is 21.0. The molecule has 0 heterocycles. The third kappa shape index (κ3) is 33.4. The number of nitrogens with one attached hydrogen (secondary N) is 1. The minimum absolute atomic E-state index is 0.313. The van der Waals surface area contributed by atoms with Crippen molar-refractivity contribution in [3.8, 4) is 0 Å². The number of amides is 1. The topological polar surface area (TPSA) is 89.8 Å². The van der Waals surface area contributed by atoms with Crippen LogP contribution in [0.1, 0.15) is 226 Å². The lowest BCUT2D eigenvalue weighted by atomic mass is 10.0. The maximum atomic E-state index is 12.4. The van der Waals surface area contributed by atoms with Gasteiger partial charge in [-0.15, -0.1) is 0 Å². The fraction of sp³-hybridized carbons (Fsp3) is 0.929. The Kier molecular flexibility index (Phi) is 37.2. The molecular formula is C42H83NO4. The average molecular weight is 666 g/mol. The molecule has 0 radical (unpaired) electrons. The number of carbonyl (C=O) groups is 1. The number of allylic oxidation sites excluding steroid dienone is 2. The van der Waals surface area contributed by atoms with Gasteiger partial charge < -0.3 is 20.6 Å². The van der Waals surface area contributed by atoms with E-state index in [4.69, 9.17) is 0 Å². The summed E-state index contributed by atoms with van der Waals surface area (Å²) in [6, 6.07) is -0.708. The van der Waals surface area contributed by atoms with Gasteiger partial charge in [0, 0.05) is 0 Å². The number of aliphatic hydroxyl groups excluding tert-OH is 3. The molecule has 5 heteroatoms. The van der Waals surface area contributed by atoms with Crippen molar-refractivity contribution in [3.05, 3.63) is 12.2 Å². The highest BCUT2D eigenvalue weighted by atomic mass is 16.3. The van der Waals surface area contributed by atoms with Crippen molar-refractivity contribution in [3.63, 3.8) is 0 Å². The van der Waals surface area contributed by atoms with Crippen LogP contribution in [0.15, 0.2) is 12.2 Å². The first-order valence-corrected chi connectivity index (χ1v) is 21.0. The van der Waals surface area contributed by atoms with Gasteiger partial charge in [0.05, 0.1) is 18.8 Å². The van der Waals surface area contributed by atoms with Crippen molar-refractivity contribution < 1.29 is 20.1 Å². The molecule has 0 aliphatic rings. The molecule has 0 rings (SSSR count). The maximum Gasteiger partial charge on any atom is 0.249 e. The van der Waals surface area contributed by atoms with Crippen LogP contribution in [0.2, 0.25) is 0 Å². The summed E-state index contributed by atoms with van der Waals surface area (Å²) < 4.78 is 0. The highest BCUT2D eigenvalue weighted by Gasteiger charge is 2.23. The zero-order chi connectivity index (χ0) is 34.5. The predicted octanol–water partition coefficient (Wildman–Crippen LogP) is 11.7. The Balaban J connectivity index is 3.55. The van der Waals surface area contributed by atoms with Gasteiger partial charge in [-0.1, -0.05) is 199 Å². The summed E-state index contributed by atoms with van der Waals surface area (Å²) in [6.45, 7) is 4.21. The van der Waals surface area contributed by atoms with Gasteiger partial charge in [0.2, 0.25) is 5.91 Å². The first-order chi connectivity index (χ1) is 23.1. The van der Waals surface area contributed by atoms with E-state index in [1.807, 2.05) is 0 Å². The summed E-state index contributed by atoms with van der Waals surface area (Å²) in [4.78, 5) is 12.4. The minimum atomic E-state index is -1.07. The molecule has 0 aromatic carbocycles. The van der Waals surface area contributed by atoms with Gasteiger partial charge in [0.15, 0.2) is 0 Å². The highest BCUT2D eigenvalue weighted by Crippen LogP contribution is 2.15. The predicted molar refractivity (Wildman–Crippen MR) is 204 cm³/mol. The van der Waals surface area contributed by atoms with Gasteiger partial charge in [0.25, 0.3) is 0 Å². The van der Waals surface area contributed by atoms with Crippen molar-refractivity contribution >= 4 is 5.91 Å². The van der Waals surface area contributed by atoms with Crippen molar-refractivity contribution in [2.75, 3.05) is 6.61 Å². The second-order valence-corrected chi connectivity index (χ2v) is 14.6. The number of hydrogen-bond donors (Lipinski definition) is 4. The van der Waals surface area contributed by atoms with E-state index < -0.39 is 24.2 Å². The Morgan fingerprint density at radius 1 is 0.489 bits per heavy atom. The van der Waals surface area contributed by atoms with Crippen LogP contribution in [0.5, 0.6) is 0 Å². The third-order valence-electron chi connectivity index (χ3n) is 9.88. The van der Waals surface area contributed by atoms with E-state index in [0.717, 1.165) is 32.1 Å². The van der Waals surface area contributed by atoms with E-state index in [0.29, 0.717) is 12.8 Å². The summed E-state index contributed by atoms with van der Waals surface area (Å²) in [6.07, 6.45) is 43.6. The van der Waals surface area contributed by atoms with Crippen LogP contribution >= 0.6 is 0 Å². The number of unbranched alkanes of at least 4 members (excludes halogenated alkanes) is 28. The first kappa shape index (κ1) is 46.1. The summed E-state index contributed by atoms with van der Waals surface area (Å²) in [5.41, 5.74) is 0. The number of aliphatic hydroxyl groups is 3. The molecule has 0 aliphatic carbocycles. The lowest BCUT2D eigenvalue weighted by Gasteiger charge is -2.23. The van der Waals surface area contributed by atoms with E-state index in [-0.39, 0.29) is 6.61 Å². The average Bonchev–Trinajstić information content (AvgIpc) is 3.07.